The van der Waals surface area contributed by atoms with Gasteiger partial charge < -0.3 is 15.3 Å². The van der Waals surface area contributed by atoms with E-state index in [-0.39, 0.29) is 18.2 Å². The molecule has 124 valence electrons. The summed E-state index contributed by atoms with van der Waals surface area (Å²) in [5, 5.41) is 12.1. The van der Waals surface area contributed by atoms with Gasteiger partial charge in [0.15, 0.2) is 0 Å². The van der Waals surface area contributed by atoms with Gasteiger partial charge in [0.2, 0.25) is 5.91 Å². The number of aliphatic carboxylic acids is 1. The minimum Gasteiger partial charge on any atom is -0.481 e. The van der Waals surface area contributed by atoms with Crippen LogP contribution in [0.15, 0.2) is 24.3 Å². The molecule has 1 unspecified atom stereocenters. The molecule has 1 aliphatic rings. The molecule has 7 heteroatoms. The Labute approximate surface area is 139 Å². The number of carbonyl (C=O) groups excluding carboxylic acids is 2. The molecule has 1 fully saturated rings. The number of thioether (sulfide) groups is 1. The van der Waals surface area contributed by atoms with Gasteiger partial charge in [-0.2, -0.15) is 11.8 Å². The molecule has 2 rings (SSSR count). The second-order valence-electron chi connectivity index (χ2n) is 5.89. The molecule has 0 spiro atoms. The van der Waals surface area contributed by atoms with E-state index < -0.39 is 11.4 Å². The van der Waals surface area contributed by atoms with Crippen molar-refractivity contribution < 1.29 is 19.5 Å². The summed E-state index contributed by atoms with van der Waals surface area (Å²) in [5.41, 5.74) is -0.0164. The van der Waals surface area contributed by atoms with Crippen LogP contribution >= 0.6 is 11.8 Å². The Balaban J connectivity index is 2.07. The van der Waals surface area contributed by atoms with Crippen molar-refractivity contribution in [1.29, 1.82) is 0 Å². The van der Waals surface area contributed by atoms with Crippen LogP contribution < -0.4 is 5.32 Å². The van der Waals surface area contributed by atoms with Crippen molar-refractivity contribution in [3.8, 4) is 0 Å². The van der Waals surface area contributed by atoms with Crippen LogP contribution in [0.5, 0.6) is 0 Å². The Morgan fingerprint density at radius 3 is 2.65 bits per heavy atom. The topological polar surface area (TPSA) is 86.7 Å². The van der Waals surface area contributed by atoms with Crippen molar-refractivity contribution in [2.24, 2.45) is 5.41 Å². The van der Waals surface area contributed by atoms with E-state index in [1.165, 1.54) is 4.90 Å². The summed E-state index contributed by atoms with van der Waals surface area (Å²) in [6.07, 6.45) is 0.445. The molecule has 1 atom stereocenters. The quantitative estimate of drug-likeness (QED) is 0.858. The Bertz CT molecular complexity index is 624. The third kappa shape index (κ3) is 4.04. The van der Waals surface area contributed by atoms with Crippen LogP contribution in [0.1, 0.15) is 23.2 Å². The van der Waals surface area contributed by atoms with Gasteiger partial charge in [0.25, 0.3) is 5.91 Å². The summed E-state index contributed by atoms with van der Waals surface area (Å²) in [7, 11) is 3.31. The van der Waals surface area contributed by atoms with E-state index in [1.54, 1.807) is 50.1 Å². The number of nitrogens with zero attached hydrogens (tertiary/aromatic N) is 1. The van der Waals surface area contributed by atoms with Crippen LogP contribution in [0.3, 0.4) is 0 Å². The Kier molecular flexibility index (Phi) is 5.30. The predicted molar refractivity (Wildman–Crippen MR) is 89.7 cm³/mol. The van der Waals surface area contributed by atoms with E-state index in [0.717, 1.165) is 5.75 Å². The van der Waals surface area contributed by atoms with Crippen LogP contribution in [-0.4, -0.2) is 53.4 Å². The molecule has 23 heavy (non-hydrogen) atoms. The molecular weight excluding hydrogens is 316 g/mol. The van der Waals surface area contributed by atoms with Crippen molar-refractivity contribution in [1.82, 2.24) is 4.90 Å². The van der Waals surface area contributed by atoms with Crippen LogP contribution in [-0.2, 0) is 9.59 Å². The molecule has 0 aliphatic carbocycles. The van der Waals surface area contributed by atoms with Crippen molar-refractivity contribution in [2.75, 3.05) is 30.9 Å². The molecule has 2 amide bonds. The zero-order valence-electron chi connectivity index (χ0n) is 13.2. The van der Waals surface area contributed by atoms with Crippen molar-refractivity contribution in [2.45, 2.75) is 12.8 Å². The molecular formula is C16H20N2O4S. The van der Waals surface area contributed by atoms with Gasteiger partial charge in [-0.15, -0.1) is 0 Å². The van der Waals surface area contributed by atoms with Crippen LogP contribution in [0, 0.1) is 5.41 Å². The summed E-state index contributed by atoms with van der Waals surface area (Å²) in [6.45, 7) is 0. The summed E-state index contributed by atoms with van der Waals surface area (Å²) in [4.78, 5) is 37.1. The predicted octanol–water partition coefficient (Wildman–Crippen LogP) is 1.92. The number of amides is 2. The highest BCUT2D eigenvalue weighted by molar-refractivity contribution is 7.99. The van der Waals surface area contributed by atoms with Gasteiger partial charge in [-0.1, -0.05) is 6.07 Å². The smallest absolute Gasteiger partial charge is 0.311 e. The molecule has 0 aromatic heterocycles. The van der Waals surface area contributed by atoms with Crippen LogP contribution in [0.4, 0.5) is 5.69 Å². The fourth-order valence-electron chi connectivity index (χ4n) is 2.49. The van der Waals surface area contributed by atoms with Crippen molar-refractivity contribution in [3.63, 3.8) is 0 Å². The molecule has 0 bridgehead atoms. The molecule has 0 saturated carbocycles. The van der Waals surface area contributed by atoms with Gasteiger partial charge in [-0.3, -0.25) is 14.4 Å². The number of benzene rings is 1. The third-order valence-electron chi connectivity index (χ3n) is 3.86. The number of carboxylic acid groups (broad SMARTS) is 1. The van der Waals surface area contributed by atoms with Crippen molar-refractivity contribution >= 4 is 35.2 Å². The average Bonchev–Trinajstić information content (AvgIpc) is 2.96. The number of carbonyl (C=O) groups is 3. The normalized spacial score (nSPS) is 20.1. The Morgan fingerprint density at radius 2 is 2.09 bits per heavy atom. The number of nitrogens with one attached hydrogen (secondary N) is 1. The van der Waals surface area contributed by atoms with E-state index in [4.69, 9.17) is 0 Å². The van der Waals surface area contributed by atoms with Gasteiger partial charge in [0, 0.05) is 37.5 Å². The first kappa shape index (κ1) is 17.3. The van der Waals surface area contributed by atoms with Crippen LogP contribution in [0.2, 0.25) is 0 Å². The second-order valence-corrected chi connectivity index (χ2v) is 7.00. The minimum absolute atomic E-state index is 0.0544. The zero-order chi connectivity index (χ0) is 17.0. The number of rotatable bonds is 5. The van der Waals surface area contributed by atoms with E-state index in [9.17, 15) is 19.5 Å². The maximum Gasteiger partial charge on any atom is 0.311 e. The maximum absolute atomic E-state index is 12.2. The molecule has 2 N–H and O–H groups in total. The van der Waals surface area contributed by atoms with Crippen LogP contribution in [0.25, 0.3) is 0 Å². The SMILES string of the molecule is CN(C)C(=O)c1cccc(NC(=O)CC2(C(=O)O)CCSC2)c1. The van der Waals surface area contributed by atoms with E-state index in [0.29, 0.717) is 23.4 Å². The van der Waals surface area contributed by atoms with Gasteiger partial charge in [0.05, 0.1) is 5.41 Å². The number of carboxylic acids is 1. The number of anilines is 1. The molecule has 1 saturated heterocycles. The number of hydrogen-bond acceptors (Lipinski definition) is 4. The van der Waals surface area contributed by atoms with Gasteiger partial charge in [-0.25, -0.2) is 0 Å². The number of hydrogen-bond donors (Lipinski definition) is 2. The van der Waals surface area contributed by atoms with E-state index >= 15 is 0 Å². The van der Waals surface area contributed by atoms with E-state index in [2.05, 4.69) is 5.32 Å². The van der Waals surface area contributed by atoms with Crippen molar-refractivity contribution in [3.05, 3.63) is 29.8 Å². The highest BCUT2D eigenvalue weighted by Crippen LogP contribution is 2.39. The average molecular weight is 336 g/mol. The summed E-state index contributed by atoms with van der Waals surface area (Å²) >= 11 is 1.56. The molecule has 0 radical (unpaired) electrons. The Hall–Kier alpha value is -2.02. The fourth-order valence-corrected chi connectivity index (χ4v) is 3.93. The monoisotopic (exact) mass is 336 g/mol. The fraction of sp³-hybridized carbons (Fsp3) is 0.438. The molecule has 1 aliphatic heterocycles. The molecule has 1 aromatic carbocycles. The van der Waals surface area contributed by atoms with E-state index in [1.807, 2.05) is 0 Å². The Morgan fingerprint density at radius 1 is 1.35 bits per heavy atom. The molecule has 1 aromatic rings. The zero-order valence-corrected chi connectivity index (χ0v) is 14.0. The highest BCUT2D eigenvalue weighted by atomic mass is 32.2. The second kappa shape index (κ2) is 7.04. The highest BCUT2D eigenvalue weighted by Gasteiger charge is 2.43. The first-order chi connectivity index (χ1) is 10.8. The lowest BCUT2D eigenvalue weighted by Crippen LogP contribution is -2.35. The summed E-state index contributed by atoms with van der Waals surface area (Å²) in [6, 6.07) is 6.63. The van der Waals surface area contributed by atoms with Gasteiger partial charge in [-0.05, 0) is 30.4 Å². The minimum atomic E-state index is -0.980. The lowest BCUT2D eigenvalue weighted by Gasteiger charge is -2.22. The standard InChI is InChI=1S/C16H20N2O4S/c1-18(2)14(20)11-4-3-5-12(8-11)17-13(19)9-16(15(21)22)6-7-23-10-16/h3-5,8H,6-7,9-10H2,1-2H3,(H,17,19)(H,21,22). The first-order valence-corrected chi connectivity index (χ1v) is 8.42. The summed E-state index contributed by atoms with van der Waals surface area (Å²) < 4.78 is 0. The third-order valence-corrected chi connectivity index (χ3v) is 5.10. The maximum atomic E-state index is 12.2. The lowest BCUT2D eigenvalue weighted by molar-refractivity contribution is -0.149. The summed E-state index contributed by atoms with van der Waals surface area (Å²) in [5.74, 6) is -0.213. The van der Waals surface area contributed by atoms with Gasteiger partial charge in [0.1, 0.15) is 0 Å². The lowest BCUT2D eigenvalue weighted by atomic mass is 9.84. The molecule has 1 heterocycles. The largest absolute Gasteiger partial charge is 0.481 e. The van der Waals surface area contributed by atoms with Gasteiger partial charge >= 0.3 is 5.97 Å². The first-order valence-electron chi connectivity index (χ1n) is 7.27. The molecule has 6 nitrogen and oxygen atoms in total.